The molecular formula is C15H19N3O2S2. The normalized spacial score (nSPS) is 11.3. The zero-order valence-corrected chi connectivity index (χ0v) is 14.9. The van der Waals surface area contributed by atoms with Gasteiger partial charge in [-0.2, -0.15) is 0 Å². The molecule has 118 valence electrons. The molecule has 0 fully saturated rings. The minimum atomic E-state index is -0.592. The highest BCUT2D eigenvalue weighted by molar-refractivity contribution is 7.73. The van der Waals surface area contributed by atoms with Crippen molar-refractivity contribution in [2.45, 2.75) is 40.2 Å². The fourth-order valence-electron chi connectivity index (χ4n) is 1.96. The number of amides is 1. The van der Waals surface area contributed by atoms with E-state index in [4.69, 9.17) is 17.0 Å². The third kappa shape index (κ3) is 3.92. The summed E-state index contributed by atoms with van der Waals surface area (Å²) in [6, 6.07) is 5.85. The van der Waals surface area contributed by atoms with Crippen molar-refractivity contribution in [2.24, 2.45) is 0 Å². The number of hydrogen-bond acceptors (Lipinski definition) is 5. The maximum atomic E-state index is 12.6. The first kappa shape index (κ1) is 16.6. The number of nitrogens with zero attached hydrogens (tertiary/aromatic N) is 2. The molecule has 2 aromatic rings. The Balaban J connectivity index is 2.50. The average Bonchev–Trinajstić information content (AvgIpc) is 2.76. The fourth-order valence-corrected chi connectivity index (χ4v) is 2.84. The van der Waals surface area contributed by atoms with E-state index in [0.717, 1.165) is 16.8 Å². The first-order valence-electron chi connectivity index (χ1n) is 6.83. The molecule has 1 aromatic carbocycles. The lowest BCUT2D eigenvalue weighted by molar-refractivity contribution is 0.0598. The van der Waals surface area contributed by atoms with Crippen molar-refractivity contribution in [1.82, 2.24) is 10.2 Å². The lowest BCUT2D eigenvalue weighted by Crippen LogP contribution is -2.34. The standard InChI is InChI=1S/C15H19N3O2S2/c1-9-6-7-11(10(2)8-9)18(12-16-17-13(21)22-12)14(19)20-15(3,4)5/h6-8H,1-5H3,(H,17,21). The highest BCUT2D eigenvalue weighted by Gasteiger charge is 2.28. The lowest BCUT2D eigenvalue weighted by atomic mass is 10.1. The van der Waals surface area contributed by atoms with Gasteiger partial charge in [-0.05, 0) is 58.5 Å². The summed E-state index contributed by atoms with van der Waals surface area (Å²) in [6.45, 7) is 9.45. The van der Waals surface area contributed by atoms with Gasteiger partial charge in [-0.15, -0.1) is 5.10 Å². The SMILES string of the molecule is Cc1ccc(N(C(=O)OC(C)(C)C)c2n[nH]c(=S)s2)c(C)c1. The first-order chi connectivity index (χ1) is 10.2. The number of ether oxygens (including phenoxy) is 1. The summed E-state index contributed by atoms with van der Waals surface area (Å²) in [4.78, 5) is 14.1. The number of anilines is 2. The molecular weight excluding hydrogens is 318 g/mol. The van der Waals surface area contributed by atoms with Crippen molar-refractivity contribution in [1.29, 1.82) is 0 Å². The summed E-state index contributed by atoms with van der Waals surface area (Å²) < 4.78 is 6.02. The summed E-state index contributed by atoms with van der Waals surface area (Å²) >= 11 is 6.30. The van der Waals surface area contributed by atoms with Crippen LogP contribution in [-0.4, -0.2) is 21.9 Å². The Bertz CT molecular complexity index is 744. The number of rotatable bonds is 2. The van der Waals surface area contributed by atoms with E-state index in [1.54, 1.807) is 0 Å². The third-order valence-electron chi connectivity index (χ3n) is 2.79. The van der Waals surface area contributed by atoms with Crippen LogP contribution in [0.5, 0.6) is 0 Å². The molecule has 0 unspecified atom stereocenters. The quantitative estimate of drug-likeness (QED) is 0.793. The lowest BCUT2D eigenvalue weighted by Gasteiger charge is -2.26. The van der Waals surface area contributed by atoms with Crippen LogP contribution in [0.3, 0.4) is 0 Å². The Labute approximate surface area is 138 Å². The smallest absolute Gasteiger partial charge is 0.421 e. The number of aromatic nitrogens is 2. The molecule has 0 radical (unpaired) electrons. The number of carbonyl (C=O) groups is 1. The second-order valence-electron chi connectivity index (χ2n) is 6.00. The molecule has 7 heteroatoms. The van der Waals surface area contributed by atoms with Gasteiger partial charge in [0, 0.05) is 0 Å². The molecule has 0 saturated heterocycles. The Morgan fingerprint density at radius 1 is 1.36 bits per heavy atom. The first-order valence-corrected chi connectivity index (χ1v) is 8.06. The molecule has 5 nitrogen and oxygen atoms in total. The zero-order valence-electron chi connectivity index (χ0n) is 13.3. The fraction of sp³-hybridized carbons (Fsp3) is 0.400. The van der Waals surface area contributed by atoms with E-state index in [1.807, 2.05) is 52.8 Å². The van der Waals surface area contributed by atoms with Crippen LogP contribution in [0, 0.1) is 17.8 Å². The minimum Gasteiger partial charge on any atom is -0.443 e. The van der Waals surface area contributed by atoms with Crippen molar-refractivity contribution in [2.75, 3.05) is 4.90 Å². The Morgan fingerprint density at radius 3 is 2.55 bits per heavy atom. The van der Waals surface area contributed by atoms with E-state index in [1.165, 1.54) is 16.2 Å². The van der Waals surface area contributed by atoms with E-state index in [0.29, 0.717) is 9.09 Å². The summed E-state index contributed by atoms with van der Waals surface area (Å²) in [5.41, 5.74) is 2.23. The predicted molar refractivity (Wildman–Crippen MR) is 91.6 cm³/mol. The molecule has 0 aliphatic rings. The van der Waals surface area contributed by atoms with Crippen LogP contribution in [-0.2, 0) is 4.74 Å². The van der Waals surface area contributed by atoms with E-state index >= 15 is 0 Å². The van der Waals surface area contributed by atoms with Crippen LogP contribution in [0.2, 0.25) is 0 Å². The van der Waals surface area contributed by atoms with Gasteiger partial charge in [-0.3, -0.25) is 5.10 Å². The summed E-state index contributed by atoms with van der Waals surface area (Å²) in [6.07, 6.45) is -0.475. The molecule has 0 spiro atoms. The molecule has 2 rings (SSSR count). The van der Waals surface area contributed by atoms with E-state index in [2.05, 4.69) is 10.2 Å². The van der Waals surface area contributed by atoms with E-state index < -0.39 is 11.7 Å². The van der Waals surface area contributed by atoms with Crippen LogP contribution in [0.15, 0.2) is 18.2 Å². The van der Waals surface area contributed by atoms with Crippen molar-refractivity contribution in [3.8, 4) is 0 Å². The number of H-pyrrole nitrogens is 1. The van der Waals surface area contributed by atoms with Crippen LogP contribution >= 0.6 is 23.6 Å². The molecule has 1 N–H and O–H groups in total. The van der Waals surface area contributed by atoms with Gasteiger partial charge in [0.25, 0.3) is 0 Å². The highest BCUT2D eigenvalue weighted by Crippen LogP contribution is 2.32. The number of aromatic amines is 1. The minimum absolute atomic E-state index is 0.464. The van der Waals surface area contributed by atoms with Crippen LogP contribution in [0.25, 0.3) is 0 Å². The van der Waals surface area contributed by atoms with Crippen molar-refractivity contribution in [3.63, 3.8) is 0 Å². The van der Waals surface area contributed by atoms with Gasteiger partial charge >= 0.3 is 6.09 Å². The number of hydrogen-bond donors (Lipinski definition) is 1. The van der Waals surface area contributed by atoms with Gasteiger partial charge in [-0.1, -0.05) is 29.0 Å². The van der Waals surface area contributed by atoms with Gasteiger partial charge in [0.1, 0.15) is 5.60 Å². The Kier molecular flexibility index (Phi) is 4.67. The highest BCUT2D eigenvalue weighted by atomic mass is 32.1. The number of nitrogens with one attached hydrogen (secondary N) is 1. The van der Waals surface area contributed by atoms with Crippen molar-refractivity contribution in [3.05, 3.63) is 33.3 Å². The van der Waals surface area contributed by atoms with Gasteiger partial charge in [-0.25, -0.2) is 9.69 Å². The molecule has 1 aromatic heterocycles. The molecule has 1 heterocycles. The van der Waals surface area contributed by atoms with E-state index in [-0.39, 0.29) is 0 Å². The molecule has 22 heavy (non-hydrogen) atoms. The Hall–Kier alpha value is -1.73. The summed E-state index contributed by atoms with van der Waals surface area (Å²) in [5.74, 6) is 0. The molecule has 1 amide bonds. The van der Waals surface area contributed by atoms with Gasteiger partial charge in [0.2, 0.25) is 5.13 Å². The second-order valence-corrected chi connectivity index (χ2v) is 7.65. The molecule has 0 bridgehead atoms. The van der Waals surface area contributed by atoms with Crippen molar-refractivity contribution < 1.29 is 9.53 Å². The number of carbonyl (C=O) groups excluding carboxylic acids is 1. The topological polar surface area (TPSA) is 58.2 Å². The molecule has 0 aliphatic carbocycles. The van der Waals surface area contributed by atoms with Gasteiger partial charge < -0.3 is 4.74 Å². The van der Waals surface area contributed by atoms with Crippen LogP contribution < -0.4 is 4.90 Å². The summed E-state index contributed by atoms with van der Waals surface area (Å²) in [7, 11) is 0. The largest absolute Gasteiger partial charge is 0.443 e. The van der Waals surface area contributed by atoms with Gasteiger partial charge in [0.15, 0.2) is 3.95 Å². The van der Waals surface area contributed by atoms with Crippen LogP contribution in [0.4, 0.5) is 15.6 Å². The van der Waals surface area contributed by atoms with E-state index in [9.17, 15) is 4.79 Å². The average molecular weight is 337 g/mol. The Morgan fingerprint density at radius 2 is 2.05 bits per heavy atom. The van der Waals surface area contributed by atoms with Crippen LogP contribution in [0.1, 0.15) is 31.9 Å². The third-order valence-corrected chi connectivity index (χ3v) is 3.86. The molecule has 0 aliphatic heterocycles. The second kappa shape index (κ2) is 6.18. The van der Waals surface area contributed by atoms with Crippen molar-refractivity contribution >= 4 is 40.5 Å². The number of aryl methyl sites for hydroxylation is 2. The monoisotopic (exact) mass is 337 g/mol. The molecule has 0 atom stereocenters. The van der Waals surface area contributed by atoms with Gasteiger partial charge in [0.05, 0.1) is 5.69 Å². The number of benzene rings is 1. The maximum Gasteiger partial charge on any atom is 0.421 e. The predicted octanol–water partition coefficient (Wildman–Crippen LogP) is 4.89. The summed E-state index contributed by atoms with van der Waals surface area (Å²) in [5, 5.41) is 7.29. The zero-order chi connectivity index (χ0) is 16.5. The molecule has 0 saturated carbocycles. The maximum absolute atomic E-state index is 12.6.